The number of anilines is 1. The van der Waals surface area contributed by atoms with E-state index in [1.54, 1.807) is 30.6 Å². The average Bonchev–Trinajstić information content (AvgIpc) is 3.53. The van der Waals surface area contributed by atoms with E-state index in [-0.39, 0.29) is 42.3 Å². The molecule has 48 heavy (non-hydrogen) atoms. The normalized spacial score (nSPS) is 26.3. The number of nitrogens with zero attached hydrogens (tertiary/aromatic N) is 2. The van der Waals surface area contributed by atoms with Crippen molar-refractivity contribution in [2.75, 3.05) is 12.3 Å². The molecule has 0 spiro atoms. The first-order valence-electron chi connectivity index (χ1n) is 17.4. The summed E-state index contributed by atoms with van der Waals surface area (Å²) >= 11 is 0. The SMILES string of the molecule is CC[C@@H]1C#C[C@@H]2C=C[C@H](c3ccc(O)c(O[C@H](C[C@H](Cc4ccc[n-]4)c4ccnc(N)c4)[C@H](O)CCO)c3)C[C@@H](O)[C@H]2[C@@H](O)CCCC1. The van der Waals surface area contributed by atoms with Gasteiger partial charge in [-0.2, -0.15) is 11.9 Å². The number of nitrogens with two attached hydrogens (primary N) is 1. The number of phenols is 1. The van der Waals surface area contributed by atoms with Crippen molar-refractivity contribution in [1.82, 2.24) is 9.97 Å². The fourth-order valence-electron chi connectivity index (χ4n) is 7.20. The maximum absolute atomic E-state index is 11.5. The number of fused-ring (bicyclic) bond motifs is 1. The molecule has 2 heterocycles. The molecule has 5 rings (SSSR count). The van der Waals surface area contributed by atoms with E-state index in [2.05, 4.69) is 28.7 Å². The minimum Gasteiger partial charge on any atom is -0.668 e. The van der Waals surface area contributed by atoms with Gasteiger partial charge in [0.25, 0.3) is 0 Å². The van der Waals surface area contributed by atoms with Crippen molar-refractivity contribution in [3.8, 4) is 23.3 Å². The van der Waals surface area contributed by atoms with E-state index in [0.717, 1.165) is 42.5 Å². The van der Waals surface area contributed by atoms with Crippen LogP contribution in [0, 0.1) is 29.6 Å². The molecule has 0 aliphatic heterocycles. The molecule has 0 amide bonds. The molecular formula is C39H50N3O6-. The maximum atomic E-state index is 11.5. The summed E-state index contributed by atoms with van der Waals surface area (Å²) in [6, 6.07) is 12.6. The number of hydrogen-bond donors (Lipinski definition) is 6. The number of aliphatic hydroxyl groups is 4. The van der Waals surface area contributed by atoms with Gasteiger partial charge in [0.1, 0.15) is 11.9 Å². The van der Waals surface area contributed by atoms with Gasteiger partial charge in [-0.15, -0.1) is 0 Å². The Balaban J connectivity index is 1.42. The minimum atomic E-state index is -1.02. The molecule has 9 heteroatoms. The molecule has 2 aromatic heterocycles. The highest BCUT2D eigenvalue weighted by Crippen LogP contribution is 2.40. The van der Waals surface area contributed by atoms with Crippen LogP contribution in [0.5, 0.6) is 11.5 Å². The first-order chi connectivity index (χ1) is 23.2. The topological polar surface area (TPSA) is 163 Å². The van der Waals surface area contributed by atoms with Gasteiger partial charge in [0, 0.05) is 42.9 Å². The van der Waals surface area contributed by atoms with Crippen LogP contribution in [0.3, 0.4) is 0 Å². The first kappa shape index (κ1) is 35.5. The number of rotatable bonds is 12. The number of pyridine rings is 1. The van der Waals surface area contributed by atoms with E-state index in [1.165, 1.54) is 0 Å². The average molecular weight is 657 g/mol. The summed E-state index contributed by atoms with van der Waals surface area (Å²) in [6.07, 6.45) is 10.2. The van der Waals surface area contributed by atoms with Crippen LogP contribution in [0.4, 0.5) is 5.82 Å². The predicted octanol–water partition coefficient (Wildman–Crippen LogP) is 4.84. The lowest BCUT2D eigenvalue weighted by Crippen LogP contribution is -2.36. The van der Waals surface area contributed by atoms with Crippen LogP contribution in [0.1, 0.15) is 86.9 Å². The molecule has 3 aromatic rings. The Kier molecular flexibility index (Phi) is 12.6. The van der Waals surface area contributed by atoms with Crippen molar-refractivity contribution >= 4 is 5.82 Å². The number of benzene rings is 1. The minimum absolute atomic E-state index is 0.0819. The number of nitrogen functional groups attached to an aromatic ring is 1. The number of aromatic nitrogens is 2. The lowest BCUT2D eigenvalue weighted by atomic mass is 9.79. The van der Waals surface area contributed by atoms with Crippen LogP contribution in [0.2, 0.25) is 0 Å². The number of phenolic OH excluding ortho intramolecular Hbond substituents is 1. The van der Waals surface area contributed by atoms with E-state index >= 15 is 0 Å². The molecule has 0 saturated carbocycles. The summed E-state index contributed by atoms with van der Waals surface area (Å²) in [4.78, 5) is 8.58. The largest absolute Gasteiger partial charge is 0.668 e. The summed E-state index contributed by atoms with van der Waals surface area (Å²) in [5.41, 5.74) is 8.65. The number of aromatic hydroxyl groups is 1. The zero-order valence-electron chi connectivity index (χ0n) is 27.7. The molecule has 0 saturated heterocycles. The van der Waals surface area contributed by atoms with Gasteiger partial charge in [-0.3, -0.25) is 0 Å². The Morgan fingerprint density at radius 1 is 1.06 bits per heavy atom. The quantitative estimate of drug-likeness (QED) is 0.118. The highest BCUT2D eigenvalue weighted by molar-refractivity contribution is 5.44. The fraction of sp³-hybridized carbons (Fsp3) is 0.513. The second kappa shape index (κ2) is 17.0. The Morgan fingerprint density at radius 3 is 2.65 bits per heavy atom. The van der Waals surface area contributed by atoms with Gasteiger partial charge >= 0.3 is 0 Å². The lowest BCUT2D eigenvalue weighted by Gasteiger charge is -2.31. The smallest absolute Gasteiger partial charge is 0.161 e. The molecule has 1 aromatic carbocycles. The molecule has 9 atom stereocenters. The van der Waals surface area contributed by atoms with Crippen LogP contribution < -0.4 is 15.5 Å². The first-order valence-corrected chi connectivity index (χ1v) is 17.4. The molecule has 0 fully saturated rings. The zero-order valence-corrected chi connectivity index (χ0v) is 27.7. The summed E-state index contributed by atoms with van der Waals surface area (Å²) in [5.74, 6) is 6.61. The molecular weight excluding hydrogens is 606 g/mol. The van der Waals surface area contributed by atoms with Gasteiger partial charge < -0.3 is 41.0 Å². The second-order valence-electron chi connectivity index (χ2n) is 13.4. The number of aliphatic hydroxyl groups excluding tert-OH is 4. The number of allylic oxidation sites excluding steroid dienone is 2. The van der Waals surface area contributed by atoms with Crippen molar-refractivity contribution in [1.29, 1.82) is 0 Å². The Hall–Kier alpha value is -3.81. The maximum Gasteiger partial charge on any atom is 0.161 e. The van der Waals surface area contributed by atoms with E-state index in [4.69, 9.17) is 10.5 Å². The van der Waals surface area contributed by atoms with Crippen molar-refractivity contribution < 1.29 is 30.3 Å². The summed E-state index contributed by atoms with van der Waals surface area (Å²) in [7, 11) is 0. The number of ether oxygens (including phenoxy) is 1. The molecule has 2 aliphatic carbocycles. The summed E-state index contributed by atoms with van der Waals surface area (Å²) in [6.45, 7) is 1.92. The highest BCUT2D eigenvalue weighted by atomic mass is 16.5. The Labute approximate surface area is 283 Å². The van der Waals surface area contributed by atoms with Crippen molar-refractivity contribution in [3.63, 3.8) is 0 Å². The second-order valence-corrected chi connectivity index (χ2v) is 13.4. The predicted molar refractivity (Wildman–Crippen MR) is 185 cm³/mol. The highest BCUT2D eigenvalue weighted by Gasteiger charge is 2.36. The van der Waals surface area contributed by atoms with Gasteiger partial charge in [0.05, 0.1) is 18.3 Å². The van der Waals surface area contributed by atoms with Crippen molar-refractivity contribution in [3.05, 3.63) is 83.8 Å². The summed E-state index contributed by atoms with van der Waals surface area (Å²) < 4.78 is 6.42. The molecule has 9 nitrogen and oxygen atoms in total. The van der Waals surface area contributed by atoms with Crippen LogP contribution in [-0.4, -0.2) is 61.5 Å². The van der Waals surface area contributed by atoms with E-state index in [9.17, 15) is 25.5 Å². The zero-order chi connectivity index (χ0) is 34.0. The van der Waals surface area contributed by atoms with Gasteiger partial charge in [-0.25, -0.2) is 4.98 Å². The number of hydrogen-bond acceptors (Lipinski definition) is 8. The molecule has 7 N–H and O–H groups in total. The molecule has 0 bridgehead atoms. The van der Waals surface area contributed by atoms with Crippen LogP contribution in [-0.2, 0) is 6.42 Å². The van der Waals surface area contributed by atoms with Crippen LogP contribution >= 0.6 is 0 Å². The van der Waals surface area contributed by atoms with Gasteiger partial charge in [-0.1, -0.05) is 62.0 Å². The van der Waals surface area contributed by atoms with E-state index in [1.807, 2.05) is 36.4 Å². The van der Waals surface area contributed by atoms with Gasteiger partial charge in [0.15, 0.2) is 11.5 Å². The molecule has 2 aliphatic rings. The third-order valence-corrected chi connectivity index (χ3v) is 10.0. The van der Waals surface area contributed by atoms with Crippen LogP contribution in [0.25, 0.3) is 0 Å². The van der Waals surface area contributed by atoms with Crippen molar-refractivity contribution in [2.24, 2.45) is 17.8 Å². The van der Waals surface area contributed by atoms with Gasteiger partial charge in [-0.05, 0) is 79.8 Å². The third-order valence-electron chi connectivity index (χ3n) is 10.0. The molecule has 0 unspecified atom stereocenters. The van der Waals surface area contributed by atoms with Gasteiger partial charge in [0.2, 0.25) is 0 Å². The monoisotopic (exact) mass is 656 g/mol. The lowest BCUT2D eigenvalue weighted by molar-refractivity contribution is -0.00707. The Bertz CT molecular complexity index is 1530. The van der Waals surface area contributed by atoms with E-state index < -0.39 is 30.3 Å². The molecule has 0 radical (unpaired) electrons. The van der Waals surface area contributed by atoms with Crippen molar-refractivity contribution in [2.45, 2.75) is 101 Å². The molecule has 258 valence electrons. The third kappa shape index (κ3) is 9.20. The van der Waals surface area contributed by atoms with Crippen LogP contribution in [0.15, 0.2) is 67.0 Å². The van der Waals surface area contributed by atoms with E-state index in [0.29, 0.717) is 37.4 Å². The summed E-state index contributed by atoms with van der Waals surface area (Å²) in [5, 5.41) is 54.5. The Morgan fingerprint density at radius 2 is 1.90 bits per heavy atom. The fourth-order valence-corrected chi connectivity index (χ4v) is 7.20. The standard InChI is InChI=1S/C39H50N3O6/c1-2-25-6-3-4-8-34(46)39-26(10-9-25)11-12-27(21-35(39)47)28-13-14-32(44)36(22-28)48-37(33(45)16-19-43)23-30(20-31-7-5-17-41-31)29-15-18-42-38(40)24-29/h5,7,11-15,17-18,22,24-27,30,33-35,37,39,43-47H,2-4,6,8,16,19-21,23H2,1H3,(H2,40,42)/q-1/t25-,26+,27-,30-,33+,34-,35+,37+,39+/m0/s1.